The van der Waals surface area contributed by atoms with E-state index in [1.165, 1.54) is 22.9 Å². The van der Waals surface area contributed by atoms with E-state index in [1.54, 1.807) is 0 Å². The zero-order valence-electron chi connectivity index (χ0n) is 11.2. The largest absolute Gasteiger partial charge is 0.476 e. The Balaban J connectivity index is 2.75. The third-order valence-electron chi connectivity index (χ3n) is 2.72. The van der Waals surface area contributed by atoms with Gasteiger partial charge < -0.3 is 5.11 Å². The van der Waals surface area contributed by atoms with Gasteiger partial charge in [-0.1, -0.05) is 37.6 Å². The fourth-order valence-corrected chi connectivity index (χ4v) is 2.11. The van der Waals surface area contributed by atoms with E-state index in [0.717, 1.165) is 0 Å². The summed E-state index contributed by atoms with van der Waals surface area (Å²) in [4.78, 5) is 11.2. The van der Waals surface area contributed by atoms with Crippen molar-refractivity contribution in [2.24, 2.45) is 0 Å². The number of hydrogen-bond acceptors (Lipinski definition) is 3. The van der Waals surface area contributed by atoms with Crippen LogP contribution in [0.3, 0.4) is 0 Å². The van der Waals surface area contributed by atoms with Gasteiger partial charge in [-0.15, -0.1) is 5.10 Å². The molecular weight excluding hydrogens is 285 g/mol. The summed E-state index contributed by atoms with van der Waals surface area (Å²) in [5, 5.41) is 16.9. The molecule has 7 heteroatoms. The molecule has 1 aromatic carbocycles. The van der Waals surface area contributed by atoms with Crippen molar-refractivity contribution < 1.29 is 14.3 Å². The van der Waals surface area contributed by atoms with E-state index < -0.39 is 17.2 Å². The average molecular weight is 298 g/mol. The van der Waals surface area contributed by atoms with Gasteiger partial charge in [-0.25, -0.2) is 13.9 Å². The fourth-order valence-electron chi connectivity index (χ4n) is 1.92. The summed E-state index contributed by atoms with van der Waals surface area (Å²) < 4.78 is 14.7. The fraction of sp³-hybridized carbons (Fsp3) is 0.308. The van der Waals surface area contributed by atoms with Crippen LogP contribution in [-0.4, -0.2) is 26.1 Å². The maximum Gasteiger partial charge on any atom is 0.358 e. The van der Waals surface area contributed by atoms with E-state index in [1.807, 2.05) is 20.8 Å². The van der Waals surface area contributed by atoms with E-state index >= 15 is 0 Å². The molecule has 1 heterocycles. The van der Waals surface area contributed by atoms with Crippen molar-refractivity contribution in [2.75, 3.05) is 0 Å². The Bertz CT molecular complexity index is 677. The first-order valence-corrected chi connectivity index (χ1v) is 6.24. The van der Waals surface area contributed by atoms with Gasteiger partial charge in [-0.2, -0.15) is 0 Å². The molecule has 0 bridgehead atoms. The van der Waals surface area contributed by atoms with Crippen molar-refractivity contribution in [1.82, 2.24) is 15.0 Å². The maximum atomic E-state index is 13.4. The predicted octanol–water partition coefficient (Wildman–Crippen LogP) is 3.06. The zero-order valence-corrected chi connectivity index (χ0v) is 11.9. The highest BCUT2D eigenvalue weighted by molar-refractivity contribution is 6.32. The van der Waals surface area contributed by atoms with Gasteiger partial charge in [0.25, 0.3) is 0 Å². The lowest BCUT2D eigenvalue weighted by atomic mass is 9.90. The van der Waals surface area contributed by atoms with Crippen LogP contribution >= 0.6 is 11.6 Å². The molecule has 20 heavy (non-hydrogen) atoms. The molecule has 0 saturated heterocycles. The normalized spacial score (nSPS) is 11.7. The number of nitrogens with zero attached hydrogens (tertiary/aromatic N) is 3. The Kier molecular flexibility index (Phi) is 3.52. The van der Waals surface area contributed by atoms with E-state index in [-0.39, 0.29) is 16.4 Å². The highest BCUT2D eigenvalue weighted by Crippen LogP contribution is 2.30. The Labute approximate surface area is 120 Å². The second-order valence-electron chi connectivity index (χ2n) is 5.35. The van der Waals surface area contributed by atoms with Gasteiger partial charge in [0.1, 0.15) is 5.82 Å². The topological polar surface area (TPSA) is 68.0 Å². The molecule has 0 unspecified atom stereocenters. The highest BCUT2D eigenvalue weighted by atomic mass is 35.5. The zero-order chi connectivity index (χ0) is 15.1. The first-order valence-electron chi connectivity index (χ1n) is 5.86. The van der Waals surface area contributed by atoms with Crippen molar-refractivity contribution in [2.45, 2.75) is 26.2 Å². The minimum Gasteiger partial charge on any atom is -0.476 e. The van der Waals surface area contributed by atoms with Crippen LogP contribution in [0.4, 0.5) is 4.39 Å². The Morgan fingerprint density at radius 2 is 2.05 bits per heavy atom. The molecule has 1 N–H and O–H groups in total. The molecule has 0 aliphatic rings. The lowest BCUT2D eigenvalue weighted by molar-refractivity contribution is 0.0687. The summed E-state index contributed by atoms with van der Waals surface area (Å²) in [6.45, 7) is 5.46. The number of aromatic nitrogens is 3. The maximum absolute atomic E-state index is 13.4. The molecule has 2 rings (SSSR count). The summed E-state index contributed by atoms with van der Waals surface area (Å²) in [6, 6.07) is 3.80. The molecule has 0 radical (unpaired) electrons. The number of carboxylic acid groups (broad SMARTS) is 1. The van der Waals surface area contributed by atoms with Crippen LogP contribution in [0.5, 0.6) is 0 Å². The molecule has 5 nitrogen and oxygen atoms in total. The number of hydrogen-bond donors (Lipinski definition) is 1. The van der Waals surface area contributed by atoms with Crippen LogP contribution in [0.15, 0.2) is 18.2 Å². The second-order valence-corrected chi connectivity index (χ2v) is 5.76. The lowest BCUT2D eigenvalue weighted by Gasteiger charge is -2.20. The van der Waals surface area contributed by atoms with Crippen LogP contribution in [0.1, 0.15) is 37.0 Å². The van der Waals surface area contributed by atoms with Gasteiger partial charge >= 0.3 is 5.97 Å². The van der Waals surface area contributed by atoms with Crippen molar-refractivity contribution in [1.29, 1.82) is 0 Å². The predicted molar refractivity (Wildman–Crippen MR) is 72.0 cm³/mol. The van der Waals surface area contributed by atoms with Crippen LogP contribution in [-0.2, 0) is 5.41 Å². The molecule has 0 atom stereocenters. The summed E-state index contributed by atoms with van der Waals surface area (Å²) in [6.07, 6.45) is 0. The van der Waals surface area contributed by atoms with Crippen LogP contribution in [0, 0.1) is 5.82 Å². The summed E-state index contributed by atoms with van der Waals surface area (Å²) in [7, 11) is 0. The van der Waals surface area contributed by atoms with E-state index in [9.17, 15) is 14.3 Å². The molecule has 0 aliphatic heterocycles. The number of rotatable bonds is 2. The summed E-state index contributed by atoms with van der Waals surface area (Å²) in [5.41, 5.74) is -0.0979. The molecule has 0 fully saturated rings. The van der Waals surface area contributed by atoms with Crippen LogP contribution in [0.25, 0.3) is 5.69 Å². The lowest BCUT2D eigenvalue weighted by Crippen LogP contribution is -2.21. The van der Waals surface area contributed by atoms with Crippen molar-refractivity contribution in [3.8, 4) is 5.69 Å². The Morgan fingerprint density at radius 1 is 1.40 bits per heavy atom. The number of halogens is 2. The molecule has 106 valence electrons. The Morgan fingerprint density at radius 3 is 2.60 bits per heavy atom. The smallest absolute Gasteiger partial charge is 0.358 e. The summed E-state index contributed by atoms with van der Waals surface area (Å²) in [5.74, 6) is -1.68. The van der Waals surface area contributed by atoms with E-state index in [2.05, 4.69) is 10.3 Å². The van der Waals surface area contributed by atoms with Gasteiger partial charge in [0.05, 0.1) is 16.4 Å². The van der Waals surface area contributed by atoms with Gasteiger partial charge in [0, 0.05) is 11.5 Å². The van der Waals surface area contributed by atoms with Crippen LogP contribution in [0.2, 0.25) is 5.02 Å². The first-order chi connectivity index (χ1) is 9.21. The quantitative estimate of drug-likeness (QED) is 0.925. The van der Waals surface area contributed by atoms with Crippen molar-refractivity contribution in [3.63, 3.8) is 0 Å². The van der Waals surface area contributed by atoms with Crippen molar-refractivity contribution >= 4 is 17.6 Å². The average Bonchev–Trinajstić information content (AvgIpc) is 2.76. The highest BCUT2D eigenvalue weighted by Gasteiger charge is 2.30. The number of benzene rings is 1. The minimum atomic E-state index is -1.19. The van der Waals surface area contributed by atoms with E-state index in [4.69, 9.17) is 11.6 Å². The second kappa shape index (κ2) is 4.86. The molecular formula is C13H13ClFN3O2. The monoisotopic (exact) mass is 297 g/mol. The van der Waals surface area contributed by atoms with Gasteiger partial charge in [-0.3, -0.25) is 0 Å². The SMILES string of the molecule is CC(C)(C)c1c(C(=O)O)nnn1-c1cc(F)ccc1Cl. The molecule has 0 saturated carbocycles. The molecule has 1 aromatic heterocycles. The summed E-state index contributed by atoms with van der Waals surface area (Å²) >= 11 is 6.04. The standard InChI is InChI=1S/C13H13ClFN3O2/c1-13(2,3)11-10(12(19)20)16-17-18(11)9-6-7(15)4-5-8(9)14/h4-6H,1-3H3,(H,19,20). The first kappa shape index (κ1) is 14.5. The number of carbonyl (C=O) groups is 1. The Hall–Kier alpha value is -1.95. The molecule has 0 spiro atoms. The van der Waals surface area contributed by atoms with Gasteiger partial charge in [0.15, 0.2) is 5.69 Å². The third kappa shape index (κ3) is 2.51. The molecule has 2 aromatic rings. The number of carboxylic acids is 1. The number of aromatic carboxylic acids is 1. The van der Waals surface area contributed by atoms with Crippen LogP contribution < -0.4 is 0 Å². The van der Waals surface area contributed by atoms with Gasteiger partial charge in [-0.05, 0) is 12.1 Å². The van der Waals surface area contributed by atoms with Crippen molar-refractivity contribution in [3.05, 3.63) is 40.4 Å². The minimum absolute atomic E-state index is 0.169. The van der Waals surface area contributed by atoms with Gasteiger partial charge in [0.2, 0.25) is 0 Å². The molecule has 0 aliphatic carbocycles. The molecule has 0 amide bonds. The third-order valence-corrected chi connectivity index (χ3v) is 3.04. The van der Waals surface area contributed by atoms with E-state index in [0.29, 0.717) is 5.69 Å².